The normalized spacial score (nSPS) is 11.1. The van der Waals surface area contributed by atoms with Crippen molar-refractivity contribution in [3.05, 3.63) is 11.8 Å². The van der Waals surface area contributed by atoms with Gasteiger partial charge in [0.15, 0.2) is 0 Å². The minimum atomic E-state index is -0.711. The molecule has 4 heteroatoms. The summed E-state index contributed by atoms with van der Waals surface area (Å²) in [5.41, 5.74) is 1.47. The largest absolute Gasteiger partial charge is 0.481 e. The van der Waals surface area contributed by atoms with Crippen LogP contribution in [0.15, 0.2) is 16.8 Å². The lowest BCUT2D eigenvalue weighted by atomic mass is 9.92. The molecule has 27 heavy (non-hydrogen) atoms. The quantitative estimate of drug-likeness (QED) is 0.545. The second kappa shape index (κ2) is 24.6. The van der Waals surface area contributed by atoms with Gasteiger partial charge in [-0.15, -0.1) is 0 Å². The molecular formula is C23H47NO3. The molecule has 0 aliphatic carbocycles. The van der Waals surface area contributed by atoms with Gasteiger partial charge < -0.3 is 9.90 Å². The number of Topliss-reactive ketones (excluding diaryl/α,β-unsaturated/α-hetero) is 1. The van der Waals surface area contributed by atoms with Crippen molar-refractivity contribution in [3.8, 4) is 0 Å². The predicted molar refractivity (Wildman–Crippen MR) is 121 cm³/mol. The van der Waals surface area contributed by atoms with Crippen molar-refractivity contribution >= 4 is 18.0 Å². The number of carboxylic acid groups (broad SMARTS) is 1. The third kappa shape index (κ3) is 40.5. The van der Waals surface area contributed by atoms with Crippen LogP contribution in [0.25, 0.3) is 0 Å². The fourth-order valence-electron chi connectivity index (χ4n) is 1.43. The molecule has 1 heterocycles. The van der Waals surface area contributed by atoms with Crippen molar-refractivity contribution in [3.63, 3.8) is 0 Å². The predicted octanol–water partition coefficient (Wildman–Crippen LogP) is 7.47. The van der Waals surface area contributed by atoms with Gasteiger partial charge in [0.2, 0.25) is 0 Å². The van der Waals surface area contributed by atoms with Crippen LogP contribution in [0.3, 0.4) is 0 Å². The minimum Gasteiger partial charge on any atom is -0.481 e. The first kappa shape index (κ1) is 33.2. The fraction of sp³-hybridized carbons (Fsp3) is 0.783. The molecule has 0 fully saturated rings. The number of carbonyl (C=O) groups is 2. The van der Waals surface area contributed by atoms with Crippen molar-refractivity contribution in [1.29, 1.82) is 0 Å². The maximum atomic E-state index is 10.0. The molecule has 0 aromatic heterocycles. The number of hydrogen-bond donors (Lipinski definition) is 1. The van der Waals surface area contributed by atoms with E-state index < -0.39 is 5.97 Å². The van der Waals surface area contributed by atoms with Gasteiger partial charge in [-0.25, -0.2) is 0 Å². The molecule has 0 unspecified atom stereocenters. The summed E-state index contributed by atoms with van der Waals surface area (Å²) in [6.07, 6.45) is 10.4. The molecule has 0 bridgehead atoms. The average molecular weight is 386 g/mol. The molecule has 1 rings (SSSR count). The summed E-state index contributed by atoms with van der Waals surface area (Å²) in [7, 11) is 0. The molecule has 0 saturated carbocycles. The van der Waals surface area contributed by atoms with Crippen LogP contribution in [0.2, 0.25) is 0 Å². The Bertz CT molecular complexity index is 373. The van der Waals surface area contributed by atoms with Gasteiger partial charge in [0.05, 0.1) is 0 Å². The Morgan fingerprint density at radius 2 is 1.37 bits per heavy atom. The lowest BCUT2D eigenvalue weighted by molar-refractivity contribution is -0.137. The van der Waals surface area contributed by atoms with Crippen LogP contribution in [0, 0.1) is 5.41 Å². The summed E-state index contributed by atoms with van der Waals surface area (Å²) >= 11 is 0. The van der Waals surface area contributed by atoms with Gasteiger partial charge in [-0.05, 0) is 19.8 Å². The Labute approximate surface area is 169 Å². The maximum absolute atomic E-state index is 10.0. The van der Waals surface area contributed by atoms with E-state index in [1.54, 1.807) is 6.92 Å². The number of allylic oxidation sites excluding steroid dienone is 2. The molecule has 0 aromatic rings. The smallest absolute Gasteiger partial charge is 0.303 e. The van der Waals surface area contributed by atoms with E-state index in [-0.39, 0.29) is 11.2 Å². The molecule has 0 amide bonds. The van der Waals surface area contributed by atoms with Crippen LogP contribution in [-0.2, 0) is 9.59 Å². The Morgan fingerprint density at radius 1 is 0.963 bits per heavy atom. The van der Waals surface area contributed by atoms with E-state index in [0.717, 1.165) is 25.7 Å². The van der Waals surface area contributed by atoms with E-state index >= 15 is 0 Å². The van der Waals surface area contributed by atoms with E-state index in [1.807, 2.05) is 20.1 Å². The Morgan fingerprint density at radius 3 is 1.44 bits per heavy atom. The second-order valence-corrected chi connectivity index (χ2v) is 7.40. The van der Waals surface area contributed by atoms with E-state index in [9.17, 15) is 9.59 Å². The molecule has 1 aliphatic heterocycles. The topological polar surface area (TPSA) is 66.7 Å². The molecule has 0 radical (unpaired) electrons. The minimum absolute atomic E-state index is 0.243. The number of nitrogens with zero attached hydrogens (tertiary/aromatic N) is 1. The summed E-state index contributed by atoms with van der Waals surface area (Å²) in [5, 5.41) is 7.91. The highest BCUT2D eigenvalue weighted by Crippen LogP contribution is 2.28. The van der Waals surface area contributed by atoms with Gasteiger partial charge in [-0.2, -0.15) is 0 Å². The van der Waals surface area contributed by atoms with Crippen molar-refractivity contribution < 1.29 is 14.7 Å². The Kier molecular flexibility index (Phi) is 30.1. The molecule has 1 aliphatic rings. The van der Waals surface area contributed by atoms with E-state index in [4.69, 9.17) is 5.11 Å². The van der Waals surface area contributed by atoms with E-state index in [1.165, 1.54) is 18.5 Å². The maximum Gasteiger partial charge on any atom is 0.303 e. The molecule has 1 N–H and O–H groups in total. The number of carboxylic acids is 1. The third-order valence-electron chi connectivity index (χ3n) is 2.48. The van der Waals surface area contributed by atoms with Crippen LogP contribution in [0.5, 0.6) is 0 Å². The summed E-state index contributed by atoms with van der Waals surface area (Å²) in [5.74, 6) is -0.421. The second-order valence-electron chi connectivity index (χ2n) is 7.40. The number of aliphatic carboxylic acids is 1. The van der Waals surface area contributed by atoms with Crippen molar-refractivity contribution in [2.45, 2.75) is 114 Å². The zero-order valence-corrected chi connectivity index (χ0v) is 19.8. The summed E-state index contributed by atoms with van der Waals surface area (Å²) in [4.78, 5) is 23.9. The molecule has 0 atom stereocenters. The first-order chi connectivity index (χ1) is 12.5. The summed E-state index contributed by atoms with van der Waals surface area (Å²) in [6, 6.07) is 0. The number of hydrogen-bond acceptors (Lipinski definition) is 3. The van der Waals surface area contributed by atoms with Crippen LogP contribution in [0.1, 0.15) is 114 Å². The van der Waals surface area contributed by atoms with Crippen LogP contribution in [0.4, 0.5) is 0 Å². The summed E-state index contributed by atoms with van der Waals surface area (Å²) in [6.45, 7) is 20.5. The zero-order chi connectivity index (χ0) is 22.3. The highest BCUT2D eigenvalue weighted by molar-refractivity contribution is 5.75. The zero-order valence-electron chi connectivity index (χ0n) is 19.8. The number of carbonyl (C=O) groups excluding carboxylic acids is 1. The SMILES string of the molecule is CC(C)(C)C1=CCC=N1.CCC.CCC.CCCC(=O)O.CCCC(C)=O. The highest BCUT2D eigenvalue weighted by Gasteiger charge is 2.16. The third-order valence-corrected chi connectivity index (χ3v) is 2.48. The molecule has 0 saturated heterocycles. The summed E-state index contributed by atoms with van der Waals surface area (Å²) < 4.78 is 0. The Balaban J connectivity index is -0.000000131. The fourth-order valence-corrected chi connectivity index (χ4v) is 1.43. The average Bonchev–Trinajstić information content (AvgIpc) is 3.04. The molecular weight excluding hydrogens is 338 g/mol. The number of ketones is 1. The lowest BCUT2D eigenvalue weighted by Gasteiger charge is -2.16. The van der Waals surface area contributed by atoms with E-state index in [2.05, 4.69) is 59.5 Å². The number of rotatable bonds is 4. The van der Waals surface area contributed by atoms with Crippen molar-refractivity contribution in [1.82, 2.24) is 0 Å². The molecule has 162 valence electrons. The van der Waals surface area contributed by atoms with Crippen LogP contribution in [-0.4, -0.2) is 23.1 Å². The molecule has 0 spiro atoms. The van der Waals surface area contributed by atoms with E-state index in [0.29, 0.717) is 6.42 Å². The van der Waals surface area contributed by atoms with Crippen molar-refractivity contribution in [2.75, 3.05) is 0 Å². The van der Waals surface area contributed by atoms with Crippen LogP contribution >= 0.6 is 0 Å². The first-order valence-electron chi connectivity index (χ1n) is 10.4. The Hall–Kier alpha value is -1.45. The monoisotopic (exact) mass is 385 g/mol. The molecule has 4 nitrogen and oxygen atoms in total. The van der Waals surface area contributed by atoms with Gasteiger partial charge in [0.1, 0.15) is 5.78 Å². The highest BCUT2D eigenvalue weighted by atomic mass is 16.4. The van der Waals surface area contributed by atoms with Gasteiger partial charge in [0, 0.05) is 36.6 Å². The van der Waals surface area contributed by atoms with Gasteiger partial charge in [0.25, 0.3) is 0 Å². The van der Waals surface area contributed by atoms with Crippen molar-refractivity contribution in [2.24, 2.45) is 10.4 Å². The van der Waals surface area contributed by atoms with Gasteiger partial charge in [-0.1, -0.05) is 81.2 Å². The van der Waals surface area contributed by atoms with Gasteiger partial charge in [-0.3, -0.25) is 9.79 Å². The standard InChI is InChI=1S/C8H13N.C5H10O.C4H8O2.2C3H8/c1-8(2,3)7-5-4-6-9-7;1-3-4-5(2)6;1-2-3-4(5)6;2*1-3-2/h5-6H,4H2,1-3H3;3-4H2,1-2H3;2-3H2,1H3,(H,5,6);2*3H2,1-2H3. The van der Waals surface area contributed by atoms with Crippen LogP contribution < -0.4 is 0 Å². The lowest BCUT2D eigenvalue weighted by Crippen LogP contribution is -2.05. The first-order valence-corrected chi connectivity index (χ1v) is 10.4. The van der Waals surface area contributed by atoms with Gasteiger partial charge >= 0.3 is 5.97 Å². The molecule has 0 aromatic carbocycles. The number of aliphatic imine (C=N–C) groups is 1.